The van der Waals surface area contributed by atoms with Gasteiger partial charge in [-0.05, 0) is 37.1 Å². The lowest BCUT2D eigenvalue weighted by molar-refractivity contribution is 0.0780. The monoisotopic (exact) mass is 312 g/mol. The highest BCUT2D eigenvalue weighted by Gasteiger charge is 2.27. The van der Waals surface area contributed by atoms with Gasteiger partial charge in [0, 0.05) is 25.2 Å². The maximum Gasteiger partial charge on any atom is 0.257 e. The molecule has 0 aliphatic carbocycles. The lowest BCUT2D eigenvalue weighted by Crippen LogP contribution is -2.30. The van der Waals surface area contributed by atoms with E-state index < -0.39 is 0 Å². The standard InChI is InChI=1S/C15H21ClN2O3/c1-20-6-7-21-14-3-2-12(16)8-13(14)15(19)18-5-4-11(9-17)10-18/h2-3,8,11H,4-7,9-10,17H2,1H3. The highest BCUT2D eigenvalue weighted by molar-refractivity contribution is 6.31. The van der Waals surface area contributed by atoms with E-state index in [4.69, 9.17) is 26.8 Å². The smallest absolute Gasteiger partial charge is 0.257 e. The van der Waals surface area contributed by atoms with Crippen LogP contribution in [0.5, 0.6) is 5.75 Å². The Morgan fingerprint density at radius 2 is 2.29 bits per heavy atom. The number of nitrogens with two attached hydrogens (primary N) is 1. The topological polar surface area (TPSA) is 64.8 Å². The van der Waals surface area contributed by atoms with Crippen molar-refractivity contribution in [2.75, 3.05) is 40.0 Å². The number of carbonyl (C=O) groups excluding carboxylic acids is 1. The minimum atomic E-state index is -0.0548. The molecular weight excluding hydrogens is 292 g/mol. The lowest BCUT2D eigenvalue weighted by atomic mass is 10.1. The van der Waals surface area contributed by atoms with E-state index in [1.54, 1.807) is 25.3 Å². The number of likely N-dealkylation sites (tertiary alicyclic amines) is 1. The van der Waals surface area contributed by atoms with Crippen LogP contribution in [-0.4, -0.2) is 50.8 Å². The molecule has 0 spiro atoms. The van der Waals surface area contributed by atoms with Crippen LogP contribution in [0.4, 0.5) is 0 Å². The largest absolute Gasteiger partial charge is 0.490 e. The van der Waals surface area contributed by atoms with Gasteiger partial charge in [0.1, 0.15) is 12.4 Å². The van der Waals surface area contributed by atoms with E-state index in [2.05, 4.69) is 0 Å². The summed E-state index contributed by atoms with van der Waals surface area (Å²) in [6.07, 6.45) is 0.947. The van der Waals surface area contributed by atoms with Gasteiger partial charge in [0.25, 0.3) is 5.91 Å². The molecule has 2 N–H and O–H groups in total. The summed E-state index contributed by atoms with van der Waals surface area (Å²) in [5.74, 6) is 0.865. The van der Waals surface area contributed by atoms with Crippen molar-refractivity contribution in [1.82, 2.24) is 4.90 Å². The van der Waals surface area contributed by atoms with Crippen LogP contribution in [0.1, 0.15) is 16.8 Å². The molecule has 1 atom stereocenters. The van der Waals surface area contributed by atoms with E-state index in [1.807, 2.05) is 4.90 Å². The van der Waals surface area contributed by atoms with Crippen molar-refractivity contribution in [3.63, 3.8) is 0 Å². The first-order valence-corrected chi connectivity index (χ1v) is 7.44. The number of hydrogen-bond donors (Lipinski definition) is 1. The Bertz CT molecular complexity index is 496. The van der Waals surface area contributed by atoms with E-state index in [0.717, 1.165) is 13.0 Å². The number of ether oxygens (including phenoxy) is 2. The molecule has 2 rings (SSSR count). The molecule has 1 aromatic carbocycles. The number of halogens is 1. The Morgan fingerprint density at radius 3 is 2.95 bits per heavy atom. The average Bonchev–Trinajstić information content (AvgIpc) is 2.97. The third-order valence-corrected chi connectivity index (χ3v) is 3.86. The zero-order valence-corrected chi connectivity index (χ0v) is 12.9. The highest BCUT2D eigenvalue weighted by atomic mass is 35.5. The first-order chi connectivity index (χ1) is 10.2. The van der Waals surface area contributed by atoms with Gasteiger partial charge in [-0.3, -0.25) is 4.79 Å². The molecule has 0 aromatic heterocycles. The first kappa shape index (κ1) is 16.1. The van der Waals surface area contributed by atoms with Gasteiger partial charge in [-0.2, -0.15) is 0 Å². The Kier molecular flexibility index (Phi) is 5.85. The average molecular weight is 313 g/mol. The number of nitrogens with zero attached hydrogens (tertiary/aromatic N) is 1. The number of methoxy groups -OCH3 is 1. The van der Waals surface area contributed by atoms with E-state index in [0.29, 0.717) is 48.6 Å². The van der Waals surface area contributed by atoms with Crippen molar-refractivity contribution < 1.29 is 14.3 Å². The fourth-order valence-corrected chi connectivity index (χ4v) is 2.58. The third kappa shape index (κ3) is 4.09. The van der Waals surface area contributed by atoms with Crippen molar-refractivity contribution >= 4 is 17.5 Å². The highest BCUT2D eigenvalue weighted by Crippen LogP contribution is 2.26. The van der Waals surface area contributed by atoms with Gasteiger partial charge >= 0.3 is 0 Å². The van der Waals surface area contributed by atoms with Gasteiger partial charge in [-0.1, -0.05) is 11.6 Å². The van der Waals surface area contributed by atoms with Crippen LogP contribution in [0.15, 0.2) is 18.2 Å². The third-order valence-electron chi connectivity index (χ3n) is 3.62. The summed E-state index contributed by atoms with van der Waals surface area (Å²) in [5, 5.41) is 0.520. The van der Waals surface area contributed by atoms with Gasteiger partial charge in [-0.15, -0.1) is 0 Å². The molecule has 1 amide bonds. The summed E-state index contributed by atoms with van der Waals surface area (Å²) in [7, 11) is 1.61. The van der Waals surface area contributed by atoms with Gasteiger partial charge < -0.3 is 20.1 Å². The van der Waals surface area contributed by atoms with Gasteiger partial charge in [0.15, 0.2) is 0 Å². The van der Waals surface area contributed by atoms with Crippen molar-refractivity contribution in [2.45, 2.75) is 6.42 Å². The van der Waals surface area contributed by atoms with Crippen molar-refractivity contribution in [3.05, 3.63) is 28.8 Å². The van der Waals surface area contributed by atoms with Crippen molar-refractivity contribution in [3.8, 4) is 5.75 Å². The quantitative estimate of drug-likeness (QED) is 0.813. The van der Waals surface area contributed by atoms with Crippen LogP contribution in [0.2, 0.25) is 5.02 Å². The van der Waals surface area contributed by atoms with E-state index in [-0.39, 0.29) is 5.91 Å². The number of carbonyl (C=O) groups is 1. The van der Waals surface area contributed by atoms with Crippen LogP contribution in [-0.2, 0) is 4.74 Å². The molecule has 1 aliphatic rings. The molecule has 6 heteroatoms. The van der Waals surface area contributed by atoms with Crippen molar-refractivity contribution in [1.29, 1.82) is 0 Å². The SMILES string of the molecule is COCCOc1ccc(Cl)cc1C(=O)N1CCC(CN)C1. The molecule has 1 unspecified atom stereocenters. The second-order valence-electron chi connectivity index (χ2n) is 5.12. The molecule has 0 radical (unpaired) electrons. The van der Waals surface area contributed by atoms with Crippen LogP contribution in [0.3, 0.4) is 0 Å². The predicted molar refractivity (Wildman–Crippen MR) is 81.9 cm³/mol. The minimum absolute atomic E-state index is 0.0548. The molecule has 0 bridgehead atoms. The minimum Gasteiger partial charge on any atom is -0.490 e. The molecule has 5 nitrogen and oxygen atoms in total. The molecule has 1 fully saturated rings. The molecule has 21 heavy (non-hydrogen) atoms. The van der Waals surface area contributed by atoms with E-state index in [1.165, 1.54) is 0 Å². The van der Waals surface area contributed by atoms with Gasteiger partial charge in [0.2, 0.25) is 0 Å². The summed E-state index contributed by atoms with van der Waals surface area (Å²) in [4.78, 5) is 14.4. The molecule has 1 heterocycles. The van der Waals surface area contributed by atoms with Crippen LogP contribution in [0.25, 0.3) is 0 Å². The summed E-state index contributed by atoms with van der Waals surface area (Å²) < 4.78 is 10.6. The normalized spacial score (nSPS) is 18.0. The molecular formula is C15H21ClN2O3. The number of rotatable bonds is 6. The number of hydrogen-bond acceptors (Lipinski definition) is 4. The zero-order valence-electron chi connectivity index (χ0n) is 12.2. The fraction of sp³-hybridized carbons (Fsp3) is 0.533. The zero-order chi connectivity index (χ0) is 15.2. The summed E-state index contributed by atoms with van der Waals surface area (Å²) >= 11 is 6.01. The van der Waals surface area contributed by atoms with Crippen LogP contribution in [0, 0.1) is 5.92 Å². The summed E-state index contributed by atoms with van der Waals surface area (Å²) in [6, 6.07) is 5.09. The second-order valence-corrected chi connectivity index (χ2v) is 5.56. The first-order valence-electron chi connectivity index (χ1n) is 7.06. The molecule has 116 valence electrons. The molecule has 0 saturated carbocycles. The summed E-state index contributed by atoms with van der Waals surface area (Å²) in [6.45, 7) is 2.89. The molecule has 1 saturated heterocycles. The Morgan fingerprint density at radius 1 is 1.48 bits per heavy atom. The number of benzene rings is 1. The summed E-state index contributed by atoms with van der Waals surface area (Å²) in [5.41, 5.74) is 6.17. The second kappa shape index (κ2) is 7.64. The Labute approximate surface area is 130 Å². The van der Waals surface area contributed by atoms with Gasteiger partial charge in [0.05, 0.1) is 12.2 Å². The van der Waals surface area contributed by atoms with Crippen LogP contribution >= 0.6 is 11.6 Å². The maximum absolute atomic E-state index is 12.6. The Hall–Kier alpha value is -1.30. The predicted octanol–water partition coefficient (Wildman–Crippen LogP) is 1.79. The van der Waals surface area contributed by atoms with Crippen molar-refractivity contribution in [2.24, 2.45) is 11.7 Å². The van der Waals surface area contributed by atoms with Gasteiger partial charge in [-0.25, -0.2) is 0 Å². The van der Waals surface area contributed by atoms with E-state index in [9.17, 15) is 4.79 Å². The molecule has 1 aromatic rings. The lowest BCUT2D eigenvalue weighted by Gasteiger charge is -2.19. The maximum atomic E-state index is 12.6. The Balaban J connectivity index is 2.13. The molecule has 1 aliphatic heterocycles. The number of amides is 1. The van der Waals surface area contributed by atoms with E-state index >= 15 is 0 Å². The fourth-order valence-electron chi connectivity index (χ4n) is 2.41. The van der Waals surface area contributed by atoms with Crippen LogP contribution < -0.4 is 10.5 Å².